The lowest BCUT2D eigenvalue weighted by Gasteiger charge is -2.34. The molecule has 8 nitrogen and oxygen atoms in total. The van der Waals surface area contributed by atoms with Gasteiger partial charge >= 0.3 is 11.1 Å². The molecule has 4 heterocycles. The van der Waals surface area contributed by atoms with E-state index in [1.54, 1.807) is 4.90 Å². The van der Waals surface area contributed by atoms with Crippen molar-refractivity contribution in [1.82, 2.24) is 19.1 Å². The van der Waals surface area contributed by atoms with E-state index in [0.717, 1.165) is 16.8 Å². The zero-order valence-corrected chi connectivity index (χ0v) is 15.5. The molecule has 0 amide bonds. The minimum absolute atomic E-state index is 0.137. The van der Waals surface area contributed by atoms with Crippen LogP contribution in [0.5, 0.6) is 0 Å². The predicted molar refractivity (Wildman–Crippen MR) is 101 cm³/mol. The number of aryl methyl sites for hydroxylation is 1. The van der Waals surface area contributed by atoms with Crippen molar-refractivity contribution in [2.45, 2.75) is 18.9 Å². The Hall–Kier alpha value is -3.61. The standard InChI is InChI=1S/C19H16F2N6O2/c1-25-15-7-12(20)10-24-17(15)27(19(29)18(25)28)13-2-4-26(5-3-13)16-14(21)6-11(8-22)9-23-16/h6-7,9-10,13H,2-5H2,1H3. The maximum atomic E-state index is 14.2. The molecule has 0 N–H and O–H groups in total. The third-order valence-corrected chi connectivity index (χ3v) is 5.19. The third-order valence-electron chi connectivity index (χ3n) is 5.19. The molecule has 0 unspecified atom stereocenters. The molecule has 1 aliphatic rings. The second-order valence-corrected chi connectivity index (χ2v) is 6.90. The Bertz CT molecular complexity index is 1270. The number of nitriles is 1. The fraction of sp³-hybridized carbons (Fsp3) is 0.316. The van der Waals surface area contributed by atoms with Gasteiger partial charge in [0.05, 0.1) is 17.3 Å². The monoisotopic (exact) mass is 398 g/mol. The van der Waals surface area contributed by atoms with Crippen molar-refractivity contribution in [2.24, 2.45) is 7.05 Å². The first kappa shape index (κ1) is 18.7. The molecule has 0 radical (unpaired) electrons. The molecule has 1 aliphatic heterocycles. The first-order chi connectivity index (χ1) is 13.9. The normalized spacial score (nSPS) is 14.9. The largest absolute Gasteiger partial charge is 0.354 e. The van der Waals surface area contributed by atoms with Crippen LogP contribution in [0.4, 0.5) is 14.6 Å². The van der Waals surface area contributed by atoms with Gasteiger partial charge in [0.25, 0.3) is 0 Å². The number of piperidine rings is 1. The first-order valence-corrected chi connectivity index (χ1v) is 8.98. The molecular weight excluding hydrogens is 382 g/mol. The summed E-state index contributed by atoms with van der Waals surface area (Å²) in [6.07, 6.45) is 3.21. The lowest BCUT2D eigenvalue weighted by molar-refractivity contribution is 0.388. The summed E-state index contributed by atoms with van der Waals surface area (Å²) >= 11 is 0. The zero-order chi connectivity index (χ0) is 20.7. The van der Waals surface area contributed by atoms with Crippen LogP contribution >= 0.6 is 0 Å². The maximum Gasteiger partial charge on any atom is 0.318 e. The molecule has 4 rings (SSSR count). The number of fused-ring (bicyclic) bond motifs is 1. The zero-order valence-electron chi connectivity index (χ0n) is 15.5. The highest BCUT2D eigenvalue weighted by Gasteiger charge is 2.27. The number of pyridine rings is 2. The van der Waals surface area contributed by atoms with Crippen LogP contribution in [0, 0.1) is 23.0 Å². The van der Waals surface area contributed by atoms with Gasteiger partial charge in [-0.2, -0.15) is 5.26 Å². The van der Waals surface area contributed by atoms with Gasteiger partial charge in [-0.15, -0.1) is 0 Å². The highest BCUT2D eigenvalue weighted by molar-refractivity contribution is 5.70. The van der Waals surface area contributed by atoms with Gasteiger partial charge in [-0.3, -0.25) is 14.2 Å². The van der Waals surface area contributed by atoms with Gasteiger partial charge in [0.15, 0.2) is 17.3 Å². The summed E-state index contributed by atoms with van der Waals surface area (Å²) in [7, 11) is 1.40. The van der Waals surface area contributed by atoms with E-state index < -0.39 is 22.8 Å². The number of anilines is 1. The van der Waals surface area contributed by atoms with Crippen LogP contribution in [0.1, 0.15) is 24.4 Å². The number of hydrogen-bond acceptors (Lipinski definition) is 6. The molecule has 0 saturated carbocycles. The molecule has 29 heavy (non-hydrogen) atoms. The van der Waals surface area contributed by atoms with Gasteiger partial charge < -0.3 is 9.47 Å². The molecule has 3 aromatic rings. The van der Waals surface area contributed by atoms with Gasteiger partial charge in [-0.1, -0.05) is 0 Å². The van der Waals surface area contributed by atoms with E-state index in [-0.39, 0.29) is 28.6 Å². The van der Waals surface area contributed by atoms with Gasteiger partial charge in [0.2, 0.25) is 0 Å². The first-order valence-electron chi connectivity index (χ1n) is 8.98. The van der Waals surface area contributed by atoms with Crippen molar-refractivity contribution in [2.75, 3.05) is 18.0 Å². The topological polar surface area (TPSA) is 96.8 Å². The lowest BCUT2D eigenvalue weighted by atomic mass is 10.0. The summed E-state index contributed by atoms with van der Waals surface area (Å²) < 4.78 is 30.3. The van der Waals surface area contributed by atoms with E-state index in [1.165, 1.54) is 23.9 Å². The number of hydrogen-bond donors (Lipinski definition) is 0. The molecule has 1 saturated heterocycles. The highest BCUT2D eigenvalue weighted by Crippen LogP contribution is 2.27. The fourth-order valence-corrected chi connectivity index (χ4v) is 3.71. The Balaban J connectivity index is 1.68. The van der Waals surface area contributed by atoms with Crippen LogP contribution in [0.2, 0.25) is 0 Å². The van der Waals surface area contributed by atoms with E-state index >= 15 is 0 Å². The van der Waals surface area contributed by atoms with E-state index in [4.69, 9.17) is 5.26 Å². The second-order valence-electron chi connectivity index (χ2n) is 6.90. The molecular formula is C19H16F2N6O2. The molecule has 148 valence electrons. The SMILES string of the molecule is Cn1c(=O)c(=O)n(C2CCN(c3ncc(C#N)cc3F)CC2)c2ncc(F)cc21. The van der Waals surface area contributed by atoms with E-state index in [2.05, 4.69) is 9.97 Å². The average molecular weight is 398 g/mol. The molecule has 0 spiro atoms. The molecule has 10 heteroatoms. The Labute approximate surface area is 163 Å². The molecule has 1 fully saturated rings. The van der Waals surface area contributed by atoms with Crippen LogP contribution in [-0.2, 0) is 7.05 Å². The van der Waals surface area contributed by atoms with E-state index in [9.17, 15) is 18.4 Å². The lowest BCUT2D eigenvalue weighted by Crippen LogP contribution is -2.45. The Kier molecular flexibility index (Phi) is 4.58. The third kappa shape index (κ3) is 3.14. The van der Waals surface area contributed by atoms with Crippen LogP contribution in [-0.4, -0.2) is 32.2 Å². The summed E-state index contributed by atoms with van der Waals surface area (Å²) in [4.78, 5) is 34.8. The Morgan fingerprint density at radius 3 is 2.48 bits per heavy atom. The van der Waals surface area contributed by atoms with Crippen molar-refractivity contribution in [3.05, 3.63) is 62.4 Å². The summed E-state index contributed by atoms with van der Waals surface area (Å²) in [5.41, 5.74) is -0.874. The van der Waals surface area contributed by atoms with Crippen LogP contribution < -0.4 is 16.0 Å². The van der Waals surface area contributed by atoms with Gasteiger partial charge in [-0.05, 0) is 18.9 Å². The minimum Gasteiger partial charge on any atom is -0.354 e. The van der Waals surface area contributed by atoms with E-state index in [0.29, 0.717) is 25.9 Å². The summed E-state index contributed by atoms with van der Waals surface area (Å²) in [5.74, 6) is -1.05. The molecule has 3 aromatic heterocycles. The van der Waals surface area contributed by atoms with E-state index in [1.807, 2.05) is 6.07 Å². The summed E-state index contributed by atoms with van der Waals surface area (Å²) in [5, 5.41) is 8.84. The number of aromatic nitrogens is 4. The molecule has 0 aliphatic carbocycles. The average Bonchev–Trinajstić information content (AvgIpc) is 2.73. The summed E-state index contributed by atoms with van der Waals surface area (Å²) in [6.45, 7) is 0.787. The highest BCUT2D eigenvalue weighted by atomic mass is 19.1. The smallest absolute Gasteiger partial charge is 0.318 e. The summed E-state index contributed by atoms with van der Waals surface area (Å²) in [6, 6.07) is 3.80. The molecule has 0 bridgehead atoms. The van der Waals surface area contributed by atoms with Crippen LogP contribution in [0.25, 0.3) is 11.2 Å². The van der Waals surface area contributed by atoms with Crippen LogP contribution in [0.3, 0.4) is 0 Å². The quantitative estimate of drug-likeness (QED) is 0.607. The van der Waals surface area contributed by atoms with Gasteiger partial charge in [0.1, 0.15) is 11.9 Å². The van der Waals surface area contributed by atoms with Crippen molar-refractivity contribution in [3.8, 4) is 6.07 Å². The van der Waals surface area contributed by atoms with Crippen LogP contribution in [0.15, 0.2) is 34.1 Å². The fourth-order valence-electron chi connectivity index (χ4n) is 3.71. The molecule has 0 aromatic carbocycles. The molecule has 0 atom stereocenters. The number of halogens is 2. The Morgan fingerprint density at radius 1 is 1.10 bits per heavy atom. The van der Waals surface area contributed by atoms with Gasteiger partial charge in [0, 0.05) is 38.4 Å². The second kappa shape index (κ2) is 7.09. The predicted octanol–water partition coefficient (Wildman–Crippen LogP) is 1.48. The van der Waals surface area contributed by atoms with Gasteiger partial charge in [-0.25, -0.2) is 18.7 Å². The van der Waals surface area contributed by atoms with Crippen molar-refractivity contribution in [1.29, 1.82) is 5.26 Å². The van der Waals surface area contributed by atoms with Crippen molar-refractivity contribution in [3.63, 3.8) is 0 Å². The van der Waals surface area contributed by atoms with Crippen molar-refractivity contribution >= 4 is 17.0 Å². The number of rotatable bonds is 2. The van der Waals surface area contributed by atoms with Crippen molar-refractivity contribution < 1.29 is 8.78 Å². The minimum atomic E-state index is -0.757. The number of nitrogens with zero attached hydrogens (tertiary/aromatic N) is 6. The Morgan fingerprint density at radius 2 is 1.83 bits per heavy atom. The maximum absolute atomic E-state index is 14.2.